The van der Waals surface area contributed by atoms with E-state index in [0.717, 1.165) is 0 Å². The molecule has 0 fully saturated rings. The third kappa shape index (κ3) is 2.99. The molecule has 0 radical (unpaired) electrons. The second-order valence-electron chi connectivity index (χ2n) is 2.84. The highest BCUT2D eigenvalue weighted by atomic mass is 35.5. The summed E-state index contributed by atoms with van der Waals surface area (Å²) in [6.45, 7) is 3.94. The van der Waals surface area contributed by atoms with Gasteiger partial charge in [0.2, 0.25) is 0 Å². The summed E-state index contributed by atoms with van der Waals surface area (Å²) in [5, 5.41) is 3.20. The van der Waals surface area contributed by atoms with Gasteiger partial charge < -0.3 is 10.1 Å². The van der Waals surface area contributed by atoms with E-state index in [1.54, 1.807) is 24.3 Å². The third-order valence-electron chi connectivity index (χ3n) is 1.82. The van der Waals surface area contributed by atoms with Gasteiger partial charge in [-0.25, -0.2) is 0 Å². The van der Waals surface area contributed by atoms with E-state index in [2.05, 4.69) is 11.9 Å². The molecular weight excluding hydrogens is 214 g/mol. The van der Waals surface area contributed by atoms with Crippen LogP contribution in [0.1, 0.15) is 10.4 Å². The van der Waals surface area contributed by atoms with E-state index < -0.39 is 0 Å². The Hall–Kier alpha value is -1.48. The number of halogens is 1. The first kappa shape index (κ1) is 11.6. The molecule has 0 aliphatic heterocycles. The molecule has 0 aromatic heterocycles. The van der Waals surface area contributed by atoms with Gasteiger partial charge in [-0.1, -0.05) is 17.7 Å². The summed E-state index contributed by atoms with van der Waals surface area (Å²) in [6, 6.07) is 4.87. The van der Waals surface area contributed by atoms with Gasteiger partial charge >= 0.3 is 0 Å². The summed E-state index contributed by atoms with van der Waals surface area (Å²) in [5.74, 6) is 0.257. The van der Waals surface area contributed by atoms with Gasteiger partial charge in [-0.2, -0.15) is 0 Å². The summed E-state index contributed by atoms with van der Waals surface area (Å²) in [7, 11) is 1.50. The van der Waals surface area contributed by atoms with Crippen molar-refractivity contribution in [3.63, 3.8) is 0 Å². The molecule has 0 spiro atoms. The molecule has 80 valence electrons. The van der Waals surface area contributed by atoms with Crippen molar-refractivity contribution in [1.82, 2.24) is 5.32 Å². The number of methoxy groups -OCH3 is 1. The number of ether oxygens (including phenoxy) is 1. The van der Waals surface area contributed by atoms with Gasteiger partial charge in [0.05, 0.1) is 12.7 Å². The zero-order valence-electron chi connectivity index (χ0n) is 8.42. The molecule has 1 aromatic carbocycles. The van der Waals surface area contributed by atoms with Crippen molar-refractivity contribution in [1.29, 1.82) is 0 Å². The molecule has 15 heavy (non-hydrogen) atoms. The zero-order valence-corrected chi connectivity index (χ0v) is 9.17. The Morgan fingerprint density at radius 2 is 2.40 bits per heavy atom. The van der Waals surface area contributed by atoms with E-state index in [1.165, 1.54) is 7.11 Å². The molecule has 0 saturated carbocycles. The van der Waals surface area contributed by atoms with Crippen LogP contribution in [0, 0.1) is 0 Å². The molecular formula is C11H12ClNO2. The lowest BCUT2D eigenvalue weighted by molar-refractivity contribution is 0.0955. The van der Waals surface area contributed by atoms with E-state index in [0.29, 0.717) is 22.9 Å². The average molecular weight is 226 g/mol. The highest BCUT2D eigenvalue weighted by molar-refractivity contribution is 6.30. The molecule has 3 nitrogen and oxygen atoms in total. The number of benzene rings is 1. The largest absolute Gasteiger partial charge is 0.496 e. The highest BCUT2D eigenvalue weighted by Gasteiger charge is 2.11. The van der Waals surface area contributed by atoms with Crippen molar-refractivity contribution in [3.05, 3.63) is 41.4 Å². The van der Waals surface area contributed by atoms with E-state index in [4.69, 9.17) is 16.3 Å². The van der Waals surface area contributed by atoms with Gasteiger partial charge in [-0.05, 0) is 18.2 Å². The maximum absolute atomic E-state index is 11.6. The molecule has 1 amide bonds. The smallest absolute Gasteiger partial charge is 0.255 e. The topological polar surface area (TPSA) is 38.3 Å². The fourth-order valence-electron chi connectivity index (χ4n) is 1.11. The molecule has 1 aromatic rings. The lowest BCUT2D eigenvalue weighted by Crippen LogP contribution is -2.23. The lowest BCUT2D eigenvalue weighted by Gasteiger charge is -2.08. The minimum absolute atomic E-state index is 0.205. The maximum atomic E-state index is 11.6. The Balaban J connectivity index is 2.92. The van der Waals surface area contributed by atoms with Gasteiger partial charge in [0.1, 0.15) is 5.75 Å². The first-order chi connectivity index (χ1) is 7.19. The van der Waals surface area contributed by atoms with Crippen LogP contribution in [0.25, 0.3) is 0 Å². The third-order valence-corrected chi connectivity index (χ3v) is 2.05. The number of nitrogens with one attached hydrogen (secondary N) is 1. The summed E-state index contributed by atoms with van der Waals surface area (Å²) >= 11 is 5.78. The fraction of sp³-hybridized carbons (Fsp3) is 0.182. The number of hydrogen-bond donors (Lipinski definition) is 1. The van der Waals surface area contributed by atoms with Crippen LogP contribution in [0.2, 0.25) is 5.02 Å². The van der Waals surface area contributed by atoms with Gasteiger partial charge in [0.25, 0.3) is 5.91 Å². The van der Waals surface area contributed by atoms with Crippen LogP contribution in [0.15, 0.2) is 30.9 Å². The minimum atomic E-state index is -0.205. The molecule has 0 aliphatic carbocycles. The van der Waals surface area contributed by atoms with E-state index in [9.17, 15) is 4.79 Å². The second kappa shape index (κ2) is 5.41. The van der Waals surface area contributed by atoms with Crippen molar-refractivity contribution in [3.8, 4) is 5.75 Å². The summed E-state index contributed by atoms with van der Waals surface area (Å²) in [4.78, 5) is 11.6. The van der Waals surface area contributed by atoms with Crippen LogP contribution in [0.5, 0.6) is 5.75 Å². The van der Waals surface area contributed by atoms with Crippen molar-refractivity contribution >= 4 is 17.5 Å². The Kier molecular flexibility index (Phi) is 4.18. The van der Waals surface area contributed by atoms with Gasteiger partial charge in [0, 0.05) is 11.6 Å². The molecule has 0 aliphatic rings. The molecule has 0 atom stereocenters. The Morgan fingerprint density at radius 1 is 1.67 bits per heavy atom. The lowest BCUT2D eigenvalue weighted by atomic mass is 10.2. The molecule has 1 rings (SSSR count). The number of carbonyl (C=O) groups is 1. The predicted molar refractivity (Wildman–Crippen MR) is 60.5 cm³/mol. The number of carbonyl (C=O) groups excluding carboxylic acids is 1. The van der Waals surface area contributed by atoms with Crippen LogP contribution < -0.4 is 10.1 Å². The number of rotatable bonds is 4. The van der Waals surface area contributed by atoms with Crippen LogP contribution in [-0.2, 0) is 0 Å². The Labute approximate surface area is 93.7 Å². The monoisotopic (exact) mass is 225 g/mol. The quantitative estimate of drug-likeness (QED) is 0.799. The van der Waals surface area contributed by atoms with E-state index >= 15 is 0 Å². The predicted octanol–water partition coefficient (Wildman–Crippen LogP) is 2.26. The van der Waals surface area contributed by atoms with E-state index in [1.807, 2.05) is 0 Å². The average Bonchev–Trinajstić information content (AvgIpc) is 2.25. The van der Waals surface area contributed by atoms with Crippen LogP contribution in [0.4, 0.5) is 0 Å². The molecule has 0 heterocycles. The molecule has 4 heteroatoms. The first-order valence-electron chi connectivity index (χ1n) is 4.41. The molecule has 0 bridgehead atoms. The zero-order chi connectivity index (χ0) is 11.3. The van der Waals surface area contributed by atoms with Crippen molar-refractivity contribution in [2.24, 2.45) is 0 Å². The molecule has 0 saturated heterocycles. The first-order valence-corrected chi connectivity index (χ1v) is 4.79. The van der Waals surface area contributed by atoms with Crippen molar-refractivity contribution in [2.75, 3.05) is 13.7 Å². The van der Waals surface area contributed by atoms with Crippen molar-refractivity contribution < 1.29 is 9.53 Å². The number of hydrogen-bond acceptors (Lipinski definition) is 2. The SMILES string of the molecule is C=CCNC(=O)c1ccc(Cl)cc1OC. The standard InChI is InChI=1S/C11H12ClNO2/c1-3-6-13-11(14)9-5-4-8(12)7-10(9)15-2/h3-5,7H,1,6H2,2H3,(H,13,14). The van der Waals surface area contributed by atoms with Gasteiger partial charge in [-0.3, -0.25) is 4.79 Å². The Bertz CT molecular complexity index is 377. The van der Waals surface area contributed by atoms with E-state index in [-0.39, 0.29) is 5.91 Å². The Morgan fingerprint density at radius 3 is 3.00 bits per heavy atom. The minimum Gasteiger partial charge on any atom is -0.496 e. The van der Waals surface area contributed by atoms with Crippen LogP contribution in [-0.4, -0.2) is 19.6 Å². The van der Waals surface area contributed by atoms with Crippen molar-refractivity contribution in [2.45, 2.75) is 0 Å². The van der Waals surface area contributed by atoms with Crippen LogP contribution in [0.3, 0.4) is 0 Å². The number of amides is 1. The summed E-state index contributed by atoms with van der Waals surface area (Å²) < 4.78 is 5.06. The second-order valence-corrected chi connectivity index (χ2v) is 3.28. The van der Waals surface area contributed by atoms with Gasteiger partial charge in [0.15, 0.2) is 0 Å². The van der Waals surface area contributed by atoms with Gasteiger partial charge in [-0.15, -0.1) is 6.58 Å². The molecule has 1 N–H and O–H groups in total. The highest BCUT2D eigenvalue weighted by Crippen LogP contribution is 2.22. The fourth-order valence-corrected chi connectivity index (χ4v) is 1.27. The maximum Gasteiger partial charge on any atom is 0.255 e. The van der Waals surface area contributed by atoms with Crippen LogP contribution >= 0.6 is 11.6 Å². The summed E-state index contributed by atoms with van der Waals surface area (Å²) in [5.41, 5.74) is 0.462. The summed E-state index contributed by atoms with van der Waals surface area (Å²) in [6.07, 6.45) is 1.61. The molecule has 0 unspecified atom stereocenters. The normalized spacial score (nSPS) is 9.47.